The Morgan fingerprint density at radius 2 is 1.94 bits per heavy atom. The summed E-state index contributed by atoms with van der Waals surface area (Å²) < 4.78 is 10.2. The number of thiophene rings is 1. The van der Waals surface area contributed by atoms with Gasteiger partial charge in [0.2, 0.25) is 5.91 Å². The molecule has 2 aromatic rings. The van der Waals surface area contributed by atoms with E-state index in [1.54, 1.807) is 20.8 Å². The van der Waals surface area contributed by atoms with E-state index in [9.17, 15) is 19.6 Å². The van der Waals surface area contributed by atoms with Crippen LogP contribution in [0.5, 0.6) is 0 Å². The molecule has 0 aliphatic heterocycles. The van der Waals surface area contributed by atoms with Crippen molar-refractivity contribution in [3.8, 4) is 6.07 Å². The van der Waals surface area contributed by atoms with Gasteiger partial charge in [-0.2, -0.15) is 5.26 Å². The van der Waals surface area contributed by atoms with Crippen molar-refractivity contribution in [2.24, 2.45) is 0 Å². The van der Waals surface area contributed by atoms with E-state index in [1.807, 2.05) is 6.07 Å². The number of nitrogens with one attached hydrogen (secondary N) is 1. The number of anilines is 1. The highest BCUT2D eigenvalue weighted by atomic mass is 32.2. The highest BCUT2D eigenvalue weighted by Gasteiger charge is 2.27. The number of thioether (sulfide) groups is 1. The number of aromatic nitrogens is 1. The lowest BCUT2D eigenvalue weighted by molar-refractivity contribution is -0.115. The van der Waals surface area contributed by atoms with Crippen LogP contribution in [0.3, 0.4) is 0 Å². The molecule has 1 amide bonds. The van der Waals surface area contributed by atoms with Crippen molar-refractivity contribution in [3.05, 3.63) is 38.9 Å². The third kappa shape index (κ3) is 5.72. The molecule has 1 aliphatic carbocycles. The Morgan fingerprint density at radius 3 is 2.64 bits per heavy atom. The zero-order valence-electron chi connectivity index (χ0n) is 18.8. The Balaban J connectivity index is 1.70. The van der Waals surface area contributed by atoms with Crippen LogP contribution in [0.1, 0.15) is 69.1 Å². The van der Waals surface area contributed by atoms with Gasteiger partial charge < -0.3 is 14.8 Å². The molecule has 0 unspecified atom stereocenters. The molecule has 1 N–H and O–H groups in total. The number of fused-ring (bicyclic) bond motifs is 1. The molecule has 1 aliphatic rings. The Labute approximate surface area is 200 Å². The Bertz CT molecular complexity index is 1120. The highest BCUT2D eigenvalue weighted by Crippen LogP contribution is 2.35. The topological polar surface area (TPSA) is 118 Å². The summed E-state index contributed by atoms with van der Waals surface area (Å²) in [5.41, 5.74) is 3.27. The van der Waals surface area contributed by atoms with E-state index < -0.39 is 11.9 Å². The molecule has 3 rings (SSSR count). The van der Waals surface area contributed by atoms with E-state index in [0.29, 0.717) is 21.9 Å². The fourth-order valence-corrected chi connectivity index (χ4v) is 5.54. The average Bonchev–Trinajstić information content (AvgIpc) is 3.36. The number of hydrogen-bond acceptors (Lipinski definition) is 9. The molecule has 0 radical (unpaired) electrons. The molecule has 2 aromatic heterocycles. The van der Waals surface area contributed by atoms with Crippen molar-refractivity contribution in [1.29, 1.82) is 5.26 Å². The maximum Gasteiger partial charge on any atom is 0.348 e. The number of nitriles is 1. The molecule has 0 spiro atoms. The molecule has 0 fully saturated rings. The smallest absolute Gasteiger partial charge is 0.348 e. The number of esters is 2. The third-order valence-corrected chi connectivity index (χ3v) is 7.22. The molecule has 10 heteroatoms. The molecule has 0 saturated heterocycles. The number of carbonyl (C=O) groups is 3. The van der Waals surface area contributed by atoms with Crippen LogP contribution in [0.4, 0.5) is 5.00 Å². The lowest BCUT2D eigenvalue weighted by Gasteiger charge is -2.08. The van der Waals surface area contributed by atoms with Gasteiger partial charge in [-0.1, -0.05) is 0 Å². The number of hydrogen-bond donors (Lipinski definition) is 1. The van der Waals surface area contributed by atoms with Gasteiger partial charge in [-0.25, -0.2) is 14.6 Å². The Hall–Kier alpha value is -2.90. The lowest BCUT2D eigenvalue weighted by Crippen LogP contribution is -2.15. The normalized spacial score (nSPS) is 12.1. The minimum atomic E-state index is -0.604. The van der Waals surface area contributed by atoms with Gasteiger partial charge in [0.15, 0.2) is 0 Å². The van der Waals surface area contributed by atoms with Gasteiger partial charge in [0, 0.05) is 17.9 Å². The summed E-state index contributed by atoms with van der Waals surface area (Å²) in [5.74, 6) is -1.05. The van der Waals surface area contributed by atoms with Crippen LogP contribution in [-0.4, -0.2) is 41.8 Å². The quantitative estimate of drug-likeness (QED) is 0.411. The predicted molar refractivity (Wildman–Crippen MR) is 126 cm³/mol. The second-order valence-electron chi connectivity index (χ2n) is 7.26. The average molecular weight is 488 g/mol. The second kappa shape index (κ2) is 11.3. The highest BCUT2D eigenvalue weighted by molar-refractivity contribution is 7.99. The molecule has 0 aromatic carbocycles. The van der Waals surface area contributed by atoms with Crippen LogP contribution in [0.25, 0.3) is 0 Å². The van der Waals surface area contributed by atoms with E-state index in [0.717, 1.165) is 41.9 Å². The van der Waals surface area contributed by atoms with E-state index in [1.165, 1.54) is 11.8 Å². The van der Waals surface area contributed by atoms with Crippen LogP contribution in [0.2, 0.25) is 0 Å². The molecule has 2 heterocycles. The van der Waals surface area contributed by atoms with Crippen LogP contribution in [0, 0.1) is 18.3 Å². The molecular weight excluding hydrogens is 462 g/mol. The number of amides is 1. The van der Waals surface area contributed by atoms with Crippen molar-refractivity contribution < 1.29 is 23.9 Å². The standard InChI is InChI=1S/C23H25N3O5S2/c1-4-30-22(28)18-13(3)19(23(29)31-5-2)33-21(18)26-17(27)9-10-32-20-15(12-24)11-14-7-6-8-16(14)25-20/h11H,4-10H2,1-3H3,(H,26,27). The summed E-state index contributed by atoms with van der Waals surface area (Å²) in [6, 6.07) is 4.09. The lowest BCUT2D eigenvalue weighted by atomic mass is 10.1. The SMILES string of the molecule is CCOC(=O)c1sc(NC(=O)CCSc2nc3c(cc2C#N)CCC3)c(C(=O)OCC)c1C. The number of aryl methyl sites for hydroxylation is 2. The first-order valence-corrected chi connectivity index (χ1v) is 12.5. The van der Waals surface area contributed by atoms with Crippen molar-refractivity contribution in [2.45, 2.75) is 51.5 Å². The van der Waals surface area contributed by atoms with Crippen molar-refractivity contribution >= 4 is 45.9 Å². The van der Waals surface area contributed by atoms with E-state index in [2.05, 4.69) is 16.4 Å². The minimum Gasteiger partial charge on any atom is -0.462 e. The molecule has 33 heavy (non-hydrogen) atoms. The van der Waals surface area contributed by atoms with Gasteiger partial charge in [0.05, 0.1) is 24.3 Å². The van der Waals surface area contributed by atoms with E-state index >= 15 is 0 Å². The molecule has 0 bridgehead atoms. The van der Waals surface area contributed by atoms with Gasteiger partial charge in [-0.05, 0) is 57.2 Å². The number of nitrogens with zero attached hydrogens (tertiary/aromatic N) is 2. The van der Waals surface area contributed by atoms with Gasteiger partial charge in [-0.15, -0.1) is 23.1 Å². The molecule has 8 nitrogen and oxygen atoms in total. The van der Waals surface area contributed by atoms with Crippen molar-refractivity contribution in [1.82, 2.24) is 4.98 Å². The van der Waals surface area contributed by atoms with Crippen molar-refractivity contribution in [2.75, 3.05) is 24.3 Å². The zero-order chi connectivity index (χ0) is 24.0. The molecular formula is C23H25N3O5S2. The van der Waals surface area contributed by atoms with E-state index in [-0.39, 0.29) is 41.0 Å². The number of ether oxygens (including phenoxy) is 2. The summed E-state index contributed by atoms with van der Waals surface area (Å²) in [7, 11) is 0. The van der Waals surface area contributed by atoms with Gasteiger partial charge in [-0.3, -0.25) is 4.79 Å². The van der Waals surface area contributed by atoms with Crippen LogP contribution in [-0.2, 0) is 27.1 Å². The Kier molecular flexibility index (Phi) is 8.47. The minimum absolute atomic E-state index is 0.141. The summed E-state index contributed by atoms with van der Waals surface area (Å²) >= 11 is 2.35. The number of rotatable bonds is 9. The summed E-state index contributed by atoms with van der Waals surface area (Å²) in [4.78, 5) is 42.2. The Morgan fingerprint density at radius 1 is 1.21 bits per heavy atom. The summed E-state index contributed by atoms with van der Waals surface area (Å²) in [6.45, 7) is 5.38. The van der Waals surface area contributed by atoms with E-state index in [4.69, 9.17) is 9.47 Å². The third-order valence-electron chi connectivity index (χ3n) is 5.04. The van der Waals surface area contributed by atoms with Gasteiger partial charge >= 0.3 is 11.9 Å². The van der Waals surface area contributed by atoms with Crippen molar-refractivity contribution in [3.63, 3.8) is 0 Å². The molecule has 0 saturated carbocycles. The fourth-order valence-electron chi connectivity index (χ4n) is 3.51. The maximum absolute atomic E-state index is 12.6. The van der Waals surface area contributed by atoms with Gasteiger partial charge in [0.1, 0.15) is 21.0 Å². The second-order valence-corrected chi connectivity index (χ2v) is 9.36. The number of carbonyl (C=O) groups excluding carboxylic acids is 3. The molecule has 0 atom stereocenters. The zero-order valence-corrected chi connectivity index (χ0v) is 20.4. The largest absolute Gasteiger partial charge is 0.462 e. The monoisotopic (exact) mass is 487 g/mol. The fraction of sp³-hybridized carbons (Fsp3) is 0.435. The first-order valence-electron chi connectivity index (χ1n) is 10.7. The predicted octanol–water partition coefficient (Wildman–Crippen LogP) is 4.29. The first kappa shape index (κ1) is 24.7. The van der Waals surface area contributed by atoms with Crippen LogP contribution < -0.4 is 5.32 Å². The van der Waals surface area contributed by atoms with Crippen LogP contribution >= 0.6 is 23.1 Å². The van der Waals surface area contributed by atoms with Crippen LogP contribution in [0.15, 0.2) is 11.1 Å². The summed E-state index contributed by atoms with van der Waals surface area (Å²) in [6.07, 6.45) is 3.04. The summed E-state index contributed by atoms with van der Waals surface area (Å²) in [5, 5.41) is 13.1. The molecule has 174 valence electrons. The first-order chi connectivity index (χ1) is 15.9. The number of pyridine rings is 1. The van der Waals surface area contributed by atoms with Gasteiger partial charge in [0.25, 0.3) is 0 Å². The maximum atomic E-state index is 12.6.